The van der Waals surface area contributed by atoms with E-state index in [0.29, 0.717) is 12.3 Å². The maximum atomic E-state index is 11.6. The Balaban J connectivity index is 3.79. The van der Waals surface area contributed by atoms with Crippen molar-refractivity contribution in [2.75, 3.05) is 18.8 Å². The predicted molar refractivity (Wildman–Crippen MR) is 69.0 cm³/mol. The Morgan fingerprint density at radius 1 is 1.12 bits per heavy atom. The van der Waals surface area contributed by atoms with Crippen LogP contribution in [0.3, 0.4) is 0 Å². The maximum absolute atomic E-state index is 11.6. The first-order valence-electron chi connectivity index (χ1n) is 6.09. The Bertz CT molecular complexity index is 263. The zero-order chi connectivity index (χ0) is 12.6. The van der Waals surface area contributed by atoms with Gasteiger partial charge in [0, 0.05) is 6.04 Å². The summed E-state index contributed by atoms with van der Waals surface area (Å²) in [5.41, 5.74) is 0. The van der Waals surface area contributed by atoms with Crippen molar-refractivity contribution in [3.63, 3.8) is 0 Å². The van der Waals surface area contributed by atoms with Gasteiger partial charge in [0.1, 0.15) is 0 Å². The van der Waals surface area contributed by atoms with Crippen molar-refractivity contribution >= 4 is 10.0 Å². The van der Waals surface area contributed by atoms with Crippen LogP contribution >= 0.6 is 0 Å². The lowest BCUT2D eigenvalue weighted by Gasteiger charge is -2.17. The number of rotatable bonds is 9. The Hall–Kier alpha value is -0.130. The Morgan fingerprint density at radius 3 is 2.25 bits per heavy atom. The molecule has 0 aromatic carbocycles. The molecule has 16 heavy (non-hydrogen) atoms. The van der Waals surface area contributed by atoms with Crippen LogP contribution in [0.25, 0.3) is 0 Å². The molecule has 0 aromatic heterocycles. The fraction of sp³-hybridized carbons (Fsp3) is 1.00. The largest absolute Gasteiger partial charge is 0.317 e. The summed E-state index contributed by atoms with van der Waals surface area (Å²) in [5, 5.41) is 3.18. The second-order valence-electron chi connectivity index (χ2n) is 4.53. The highest BCUT2D eigenvalue weighted by Crippen LogP contribution is 2.03. The van der Waals surface area contributed by atoms with E-state index in [4.69, 9.17) is 0 Å². The van der Waals surface area contributed by atoms with Crippen LogP contribution in [0.1, 0.15) is 40.5 Å². The average molecular weight is 250 g/mol. The molecule has 0 saturated carbocycles. The molecule has 0 aliphatic heterocycles. The average Bonchev–Trinajstić information content (AvgIpc) is 2.16. The molecular formula is C11H26N2O2S. The Morgan fingerprint density at radius 2 is 1.75 bits per heavy atom. The number of hydrogen-bond donors (Lipinski definition) is 2. The quantitative estimate of drug-likeness (QED) is 0.607. The van der Waals surface area contributed by atoms with Crippen molar-refractivity contribution in [2.45, 2.75) is 46.6 Å². The van der Waals surface area contributed by atoms with E-state index in [1.807, 2.05) is 27.7 Å². The highest BCUT2D eigenvalue weighted by Gasteiger charge is 2.15. The molecule has 0 saturated heterocycles. The molecule has 0 aliphatic carbocycles. The molecule has 0 spiro atoms. The molecule has 4 nitrogen and oxygen atoms in total. The Labute approximate surface area is 100 Å². The van der Waals surface area contributed by atoms with Gasteiger partial charge in [0.15, 0.2) is 0 Å². The molecule has 2 N–H and O–H groups in total. The highest BCUT2D eigenvalue weighted by molar-refractivity contribution is 7.89. The number of unbranched alkanes of at least 4 members (excludes halogenated alkanes) is 1. The summed E-state index contributed by atoms with van der Waals surface area (Å²) >= 11 is 0. The van der Waals surface area contributed by atoms with Gasteiger partial charge in [-0.1, -0.05) is 20.8 Å². The van der Waals surface area contributed by atoms with E-state index in [1.54, 1.807) is 0 Å². The summed E-state index contributed by atoms with van der Waals surface area (Å²) in [7, 11) is -3.09. The van der Waals surface area contributed by atoms with Gasteiger partial charge in [-0.15, -0.1) is 0 Å². The van der Waals surface area contributed by atoms with E-state index in [0.717, 1.165) is 19.5 Å². The van der Waals surface area contributed by atoms with Gasteiger partial charge in [-0.05, 0) is 38.8 Å². The fourth-order valence-corrected chi connectivity index (χ4v) is 2.74. The van der Waals surface area contributed by atoms with Crippen molar-refractivity contribution < 1.29 is 8.42 Å². The molecule has 0 aromatic rings. The minimum Gasteiger partial charge on any atom is -0.317 e. The summed E-state index contributed by atoms with van der Waals surface area (Å²) in [6.45, 7) is 9.81. The van der Waals surface area contributed by atoms with E-state index in [-0.39, 0.29) is 11.8 Å². The van der Waals surface area contributed by atoms with Crippen LogP contribution in [0.2, 0.25) is 0 Å². The summed E-state index contributed by atoms with van der Waals surface area (Å²) in [6, 6.07) is 0.0127. The van der Waals surface area contributed by atoms with Gasteiger partial charge >= 0.3 is 0 Å². The lowest BCUT2D eigenvalue weighted by molar-refractivity contribution is 0.475. The molecule has 0 aliphatic rings. The first kappa shape index (κ1) is 15.9. The van der Waals surface area contributed by atoms with Crippen molar-refractivity contribution in [2.24, 2.45) is 5.92 Å². The molecule has 5 heteroatoms. The molecule has 0 rings (SSSR count). The van der Waals surface area contributed by atoms with E-state index >= 15 is 0 Å². The van der Waals surface area contributed by atoms with Gasteiger partial charge in [0.2, 0.25) is 10.0 Å². The van der Waals surface area contributed by atoms with Crippen LogP contribution in [0.4, 0.5) is 0 Å². The minimum absolute atomic E-state index is 0.0127. The van der Waals surface area contributed by atoms with Gasteiger partial charge in [-0.3, -0.25) is 0 Å². The molecule has 0 heterocycles. The van der Waals surface area contributed by atoms with Crippen molar-refractivity contribution in [1.29, 1.82) is 0 Å². The van der Waals surface area contributed by atoms with Crippen LogP contribution in [0.5, 0.6) is 0 Å². The van der Waals surface area contributed by atoms with Crippen LogP contribution in [-0.4, -0.2) is 33.3 Å². The van der Waals surface area contributed by atoms with Crippen LogP contribution in [0, 0.1) is 5.92 Å². The number of sulfonamides is 1. The zero-order valence-corrected chi connectivity index (χ0v) is 11.7. The van der Waals surface area contributed by atoms with E-state index in [1.165, 1.54) is 0 Å². The SMILES string of the molecule is CCNCCCCS(=O)(=O)NC(C)C(C)C. The van der Waals surface area contributed by atoms with Crippen molar-refractivity contribution in [1.82, 2.24) is 10.0 Å². The molecule has 1 atom stereocenters. The lowest BCUT2D eigenvalue weighted by atomic mass is 10.1. The summed E-state index contributed by atoms with van der Waals surface area (Å²) in [5.74, 6) is 0.562. The minimum atomic E-state index is -3.09. The lowest BCUT2D eigenvalue weighted by Crippen LogP contribution is -2.37. The van der Waals surface area contributed by atoms with Crippen molar-refractivity contribution in [3.8, 4) is 0 Å². The topological polar surface area (TPSA) is 58.2 Å². The maximum Gasteiger partial charge on any atom is 0.211 e. The molecule has 98 valence electrons. The first-order valence-corrected chi connectivity index (χ1v) is 7.75. The normalized spacial score (nSPS) is 14.3. The van der Waals surface area contributed by atoms with Gasteiger partial charge < -0.3 is 5.32 Å². The number of nitrogens with one attached hydrogen (secondary N) is 2. The Kier molecular flexibility index (Phi) is 7.97. The smallest absolute Gasteiger partial charge is 0.211 e. The zero-order valence-electron chi connectivity index (χ0n) is 10.9. The third kappa shape index (κ3) is 8.07. The second kappa shape index (κ2) is 8.03. The number of hydrogen-bond acceptors (Lipinski definition) is 3. The molecule has 0 bridgehead atoms. The predicted octanol–water partition coefficient (Wildman–Crippen LogP) is 1.34. The standard InChI is InChI=1S/C11H26N2O2S/c1-5-12-8-6-7-9-16(14,15)13-11(4)10(2)3/h10-13H,5-9H2,1-4H3. The highest BCUT2D eigenvalue weighted by atomic mass is 32.2. The molecule has 0 amide bonds. The third-order valence-corrected chi connectivity index (χ3v) is 4.19. The molecule has 1 unspecified atom stereocenters. The van der Waals surface area contributed by atoms with E-state index in [9.17, 15) is 8.42 Å². The summed E-state index contributed by atoms with van der Waals surface area (Å²) < 4.78 is 26.0. The van der Waals surface area contributed by atoms with Crippen molar-refractivity contribution in [3.05, 3.63) is 0 Å². The fourth-order valence-electron chi connectivity index (χ4n) is 1.20. The van der Waals surface area contributed by atoms with E-state index < -0.39 is 10.0 Å². The molecule has 0 fully saturated rings. The van der Waals surface area contributed by atoms with Gasteiger partial charge in [-0.25, -0.2) is 13.1 Å². The van der Waals surface area contributed by atoms with Crippen LogP contribution in [-0.2, 0) is 10.0 Å². The first-order chi connectivity index (χ1) is 7.39. The van der Waals surface area contributed by atoms with Gasteiger partial charge in [-0.2, -0.15) is 0 Å². The second-order valence-corrected chi connectivity index (χ2v) is 6.40. The molecular weight excluding hydrogens is 224 g/mol. The third-order valence-electron chi connectivity index (χ3n) is 2.63. The van der Waals surface area contributed by atoms with Gasteiger partial charge in [0.25, 0.3) is 0 Å². The van der Waals surface area contributed by atoms with Gasteiger partial charge in [0.05, 0.1) is 5.75 Å². The molecule has 0 radical (unpaired) electrons. The van der Waals surface area contributed by atoms with Crippen LogP contribution in [0.15, 0.2) is 0 Å². The monoisotopic (exact) mass is 250 g/mol. The summed E-state index contributed by atoms with van der Waals surface area (Å²) in [4.78, 5) is 0. The van der Waals surface area contributed by atoms with Crippen LogP contribution < -0.4 is 10.0 Å². The van der Waals surface area contributed by atoms with E-state index in [2.05, 4.69) is 10.0 Å². The summed E-state index contributed by atoms with van der Waals surface area (Å²) in [6.07, 6.45) is 1.62.